The van der Waals surface area contributed by atoms with Gasteiger partial charge in [-0.2, -0.15) is 0 Å². The van der Waals surface area contributed by atoms with E-state index in [9.17, 15) is 13.6 Å². The van der Waals surface area contributed by atoms with Gasteiger partial charge in [0.2, 0.25) is 0 Å². The molecule has 0 aliphatic carbocycles. The van der Waals surface area contributed by atoms with Crippen molar-refractivity contribution in [2.24, 2.45) is 5.92 Å². The van der Waals surface area contributed by atoms with Crippen LogP contribution in [0.4, 0.5) is 14.5 Å². The molecule has 20 heavy (non-hydrogen) atoms. The molecule has 1 heterocycles. The molecule has 0 spiro atoms. The van der Waals surface area contributed by atoms with Gasteiger partial charge in [0.25, 0.3) is 5.91 Å². The van der Waals surface area contributed by atoms with E-state index in [1.54, 1.807) is 0 Å². The van der Waals surface area contributed by atoms with Crippen molar-refractivity contribution in [3.63, 3.8) is 0 Å². The van der Waals surface area contributed by atoms with Gasteiger partial charge >= 0.3 is 0 Å². The summed E-state index contributed by atoms with van der Waals surface area (Å²) in [6.45, 7) is 5.99. The summed E-state index contributed by atoms with van der Waals surface area (Å²) < 4.78 is 26.3. The highest BCUT2D eigenvalue weighted by Crippen LogP contribution is 2.15. The standard InChI is InChI=1S/C15H20F2N2O/c1-10-5-7-19(8-6-10)11(2)15(20)18-14-4-3-12(16)9-13(14)17/h3-4,9-11H,5-8H2,1-2H3,(H,18,20)/p+1/t11-/m0/s1. The van der Waals surface area contributed by atoms with Gasteiger partial charge in [0.1, 0.15) is 11.6 Å². The lowest BCUT2D eigenvalue weighted by molar-refractivity contribution is -0.919. The third-order valence-corrected chi connectivity index (χ3v) is 4.11. The largest absolute Gasteiger partial charge is 0.325 e. The quantitative estimate of drug-likeness (QED) is 0.868. The minimum absolute atomic E-state index is 0.0352. The Morgan fingerprint density at radius 2 is 2.00 bits per heavy atom. The van der Waals surface area contributed by atoms with Crippen LogP contribution in [0.3, 0.4) is 0 Å². The van der Waals surface area contributed by atoms with Gasteiger partial charge < -0.3 is 10.2 Å². The molecule has 0 saturated carbocycles. The number of rotatable bonds is 3. The Balaban J connectivity index is 1.97. The van der Waals surface area contributed by atoms with Crippen LogP contribution in [0.25, 0.3) is 0 Å². The average molecular weight is 283 g/mol. The van der Waals surface area contributed by atoms with Gasteiger partial charge in [-0.1, -0.05) is 6.92 Å². The fraction of sp³-hybridized carbons (Fsp3) is 0.533. The summed E-state index contributed by atoms with van der Waals surface area (Å²) in [5, 5.41) is 2.54. The lowest BCUT2D eigenvalue weighted by Crippen LogP contribution is -3.17. The van der Waals surface area contributed by atoms with Crippen molar-refractivity contribution < 1.29 is 18.5 Å². The third-order valence-electron chi connectivity index (χ3n) is 4.11. The minimum atomic E-state index is -0.743. The Kier molecular flexibility index (Phi) is 4.70. The number of likely N-dealkylation sites (tertiary alicyclic amines) is 1. The van der Waals surface area contributed by atoms with E-state index < -0.39 is 11.6 Å². The molecule has 1 fully saturated rings. The van der Waals surface area contributed by atoms with E-state index in [4.69, 9.17) is 0 Å². The number of anilines is 1. The first-order chi connectivity index (χ1) is 9.47. The highest BCUT2D eigenvalue weighted by atomic mass is 19.1. The monoisotopic (exact) mass is 283 g/mol. The molecule has 1 amide bonds. The molecule has 1 aliphatic heterocycles. The van der Waals surface area contributed by atoms with Crippen LogP contribution in [0.5, 0.6) is 0 Å². The number of quaternary nitrogens is 1. The molecule has 0 aromatic heterocycles. The molecule has 0 bridgehead atoms. The number of piperidine rings is 1. The molecule has 5 heteroatoms. The zero-order chi connectivity index (χ0) is 14.7. The van der Waals surface area contributed by atoms with Crippen LogP contribution in [0.15, 0.2) is 18.2 Å². The fourth-order valence-corrected chi connectivity index (χ4v) is 2.58. The predicted molar refractivity (Wildman–Crippen MR) is 73.5 cm³/mol. The molecular weight excluding hydrogens is 262 g/mol. The molecule has 1 saturated heterocycles. The summed E-state index contributed by atoms with van der Waals surface area (Å²) in [6, 6.07) is 2.93. The lowest BCUT2D eigenvalue weighted by Gasteiger charge is -2.31. The van der Waals surface area contributed by atoms with Gasteiger partial charge in [-0.05, 0) is 37.8 Å². The first kappa shape index (κ1) is 14.9. The molecule has 3 nitrogen and oxygen atoms in total. The van der Waals surface area contributed by atoms with E-state index in [0.29, 0.717) is 5.92 Å². The molecule has 1 aromatic rings. The van der Waals surface area contributed by atoms with E-state index in [2.05, 4.69) is 12.2 Å². The van der Waals surface area contributed by atoms with E-state index >= 15 is 0 Å². The average Bonchev–Trinajstić information content (AvgIpc) is 2.42. The van der Waals surface area contributed by atoms with Gasteiger partial charge in [-0.25, -0.2) is 8.78 Å². The van der Waals surface area contributed by atoms with Gasteiger partial charge in [0, 0.05) is 6.07 Å². The molecule has 0 unspecified atom stereocenters. The van der Waals surface area contributed by atoms with Crippen molar-refractivity contribution >= 4 is 11.6 Å². The minimum Gasteiger partial charge on any atom is -0.325 e. The fourth-order valence-electron chi connectivity index (χ4n) is 2.58. The number of nitrogens with one attached hydrogen (secondary N) is 2. The topological polar surface area (TPSA) is 33.5 Å². The number of benzene rings is 1. The molecule has 2 N–H and O–H groups in total. The first-order valence-electron chi connectivity index (χ1n) is 7.08. The molecule has 2 rings (SSSR count). The maximum atomic E-state index is 13.5. The second-order valence-electron chi connectivity index (χ2n) is 5.68. The summed E-state index contributed by atoms with van der Waals surface area (Å²) in [7, 11) is 0. The zero-order valence-corrected chi connectivity index (χ0v) is 11.9. The molecule has 1 aliphatic rings. The molecule has 110 valence electrons. The summed E-state index contributed by atoms with van der Waals surface area (Å²) in [6.07, 6.45) is 2.22. The Morgan fingerprint density at radius 1 is 1.35 bits per heavy atom. The maximum Gasteiger partial charge on any atom is 0.282 e. The summed E-state index contributed by atoms with van der Waals surface area (Å²) in [5.41, 5.74) is 0.0352. The zero-order valence-electron chi connectivity index (χ0n) is 11.9. The smallest absolute Gasteiger partial charge is 0.282 e. The lowest BCUT2D eigenvalue weighted by atomic mass is 9.98. The third kappa shape index (κ3) is 3.54. The maximum absolute atomic E-state index is 13.5. The van der Waals surface area contributed by atoms with Crippen molar-refractivity contribution in [1.82, 2.24) is 0 Å². The van der Waals surface area contributed by atoms with Crippen LogP contribution >= 0.6 is 0 Å². The number of carbonyl (C=O) groups excluding carboxylic acids is 1. The number of hydrogen-bond donors (Lipinski definition) is 2. The van der Waals surface area contributed by atoms with Crippen LogP contribution in [0, 0.1) is 17.6 Å². The van der Waals surface area contributed by atoms with Gasteiger partial charge in [0.15, 0.2) is 6.04 Å². The van der Waals surface area contributed by atoms with Crippen molar-refractivity contribution in [2.75, 3.05) is 18.4 Å². The Hall–Kier alpha value is -1.49. The second-order valence-corrected chi connectivity index (χ2v) is 5.68. The van der Waals surface area contributed by atoms with Crippen LogP contribution in [-0.4, -0.2) is 25.0 Å². The molecule has 0 radical (unpaired) electrons. The van der Waals surface area contributed by atoms with Crippen molar-refractivity contribution in [2.45, 2.75) is 32.7 Å². The Morgan fingerprint density at radius 3 is 2.60 bits per heavy atom. The summed E-state index contributed by atoms with van der Waals surface area (Å²) >= 11 is 0. The molecule has 1 aromatic carbocycles. The molecule has 1 atom stereocenters. The van der Waals surface area contributed by atoms with Crippen LogP contribution in [-0.2, 0) is 4.79 Å². The van der Waals surface area contributed by atoms with E-state index in [1.807, 2.05) is 6.92 Å². The van der Waals surface area contributed by atoms with E-state index in [1.165, 1.54) is 11.0 Å². The van der Waals surface area contributed by atoms with Gasteiger partial charge in [-0.3, -0.25) is 4.79 Å². The number of hydrogen-bond acceptors (Lipinski definition) is 1. The highest BCUT2D eigenvalue weighted by molar-refractivity contribution is 5.93. The van der Waals surface area contributed by atoms with Crippen molar-refractivity contribution in [1.29, 1.82) is 0 Å². The second kappa shape index (κ2) is 6.31. The van der Waals surface area contributed by atoms with Crippen molar-refractivity contribution in [3.05, 3.63) is 29.8 Å². The van der Waals surface area contributed by atoms with Gasteiger partial charge in [0.05, 0.1) is 18.8 Å². The normalized spacial score (nSPS) is 24.2. The van der Waals surface area contributed by atoms with Crippen LogP contribution < -0.4 is 10.2 Å². The first-order valence-corrected chi connectivity index (χ1v) is 7.08. The predicted octanol–water partition coefficient (Wildman–Crippen LogP) is 1.61. The van der Waals surface area contributed by atoms with Crippen LogP contribution in [0.2, 0.25) is 0 Å². The Bertz CT molecular complexity index is 485. The Labute approximate surface area is 118 Å². The number of amides is 1. The number of carbonyl (C=O) groups is 1. The van der Waals surface area contributed by atoms with Crippen LogP contribution in [0.1, 0.15) is 26.7 Å². The highest BCUT2D eigenvalue weighted by Gasteiger charge is 2.29. The SMILES string of the molecule is CC1CC[NH+]([C@@H](C)C(=O)Nc2ccc(F)cc2F)CC1. The van der Waals surface area contributed by atoms with E-state index in [-0.39, 0.29) is 17.6 Å². The van der Waals surface area contributed by atoms with Crippen molar-refractivity contribution in [3.8, 4) is 0 Å². The molecular formula is C15H21F2N2O+. The number of halogens is 2. The summed E-state index contributed by atoms with van der Waals surface area (Å²) in [5.74, 6) is -0.902. The van der Waals surface area contributed by atoms with Gasteiger partial charge in [-0.15, -0.1) is 0 Å². The van der Waals surface area contributed by atoms with E-state index in [0.717, 1.165) is 38.1 Å². The summed E-state index contributed by atoms with van der Waals surface area (Å²) in [4.78, 5) is 13.4.